The molecule has 0 atom stereocenters. The molecule has 0 bridgehead atoms. The highest BCUT2D eigenvalue weighted by atomic mass is 16.5. The number of hydrogen-bond acceptors (Lipinski definition) is 5. The molecular weight excluding hydrogens is 444 g/mol. The normalized spacial score (nSPS) is 18.3. The van der Waals surface area contributed by atoms with Gasteiger partial charge in [-0.15, -0.1) is 0 Å². The predicted octanol–water partition coefficient (Wildman–Crippen LogP) is 4.34. The van der Waals surface area contributed by atoms with Crippen LogP contribution < -0.4 is 11.0 Å². The van der Waals surface area contributed by atoms with Gasteiger partial charge in [0.2, 0.25) is 0 Å². The fraction of sp³-hybridized carbons (Fsp3) is 0.519. The lowest BCUT2D eigenvalue weighted by atomic mass is 9.89. The zero-order chi connectivity index (χ0) is 24.4. The fourth-order valence-electron chi connectivity index (χ4n) is 5.54. The minimum Gasteiger partial charge on any atom is -0.462 e. The summed E-state index contributed by atoms with van der Waals surface area (Å²) in [4.78, 5) is 49.4. The molecule has 0 spiro atoms. The van der Waals surface area contributed by atoms with E-state index in [2.05, 4.69) is 4.99 Å². The van der Waals surface area contributed by atoms with Gasteiger partial charge in [0.25, 0.3) is 11.5 Å². The van der Waals surface area contributed by atoms with Crippen molar-refractivity contribution in [1.29, 1.82) is 0 Å². The number of carbonyl (C=O) groups excluding carboxylic acids is 2. The molecule has 5 rings (SSSR count). The van der Waals surface area contributed by atoms with Gasteiger partial charge in [0.05, 0.1) is 12.0 Å². The van der Waals surface area contributed by atoms with Crippen LogP contribution in [0.4, 0.5) is 0 Å². The quantitative estimate of drug-likeness (QED) is 0.412. The molecule has 2 fully saturated rings. The summed E-state index contributed by atoms with van der Waals surface area (Å²) < 4.78 is 8.74. The van der Waals surface area contributed by atoms with Crippen LogP contribution in [0.1, 0.15) is 87.5 Å². The lowest BCUT2D eigenvalue weighted by molar-refractivity contribution is -0.122. The molecule has 3 aromatic heterocycles. The Morgan fingerprint density at radius 3 is 2.49 bits per heavy atom. The van der Waals surface area contributed by atoms with Crippen LogP contribution in [0.5, 0.6) is 0 Å². The zero-order valence-corrected chi connectivity index (χ0v) is 20.2. The Morgan fingerprint density at radius 2 is 1.77 bits per heavy atom. The molecule has 0 N–H and O–H groups in total. The summed E-state index contributed by atoms with van der Waals surface area (Å²) in [5, 5.41) is 0.325. The maximum absolute atomic E-state index is 13.5. The van der Waals surface area contributed by atoms with Gasteiger partial charge in [0.1, 0.15) is 16.9 Å². The Hall–Kier alpha value is -3.29. The highest BCUT2D eigenvalue weighted by molar-refractivity contribution is 5.94. The first-order valence-corrected chi connectivity index (χ1v) is 12.9. The lowest BCUT2D eigenvalue weighted by Gasteiger charge is -2.27. The molecule has 3 aromatic rings. The Kier molecular flexibility index (Phi) is 6.79. The van der Waals surface area contributed by atoms with Gasteiger partial charge in [-0.05, 0) is 50.8 Å². The van der Waals surface area contributed by atoms with Crippen LogP contribution >= 0.6 is 0 Å². The highest BCUT2D eigenvalue weighted by Crippen LogP contribution is 2.30. The van der Waals surface area contributed by atoms with E-state index in [1.807, 2.05) is 10.6 Å². The van der Waals surface area contributed by atoms with Crippen LogP contribution in [0.3, 0.4) is 0 Å². The third-order valence-electron chi connectivity index (χ3n) is 7.34. The molecule has 0 radical (unpaired) electrons. The van der Waals surface area contributed by atoms with Gasteiger partial charge in [-0.25, -0.2) is 9.78 Å². The standard InChI is InChI=1S/C27H32N4O4/c1-2-35-27(34)21-17-20-23(28-22-15-9-10-16-30(22)26(20)33)31(19-13-7-4-8-14-19)24(21)29-25(32)18-11-5-3-6-12-18/h9-10,15-19H,2-8,11-14H2,1H3. The van der Waals surface area contributed by atoms with Crippen LogP contribution in [0.25, 0.3) is 16.7 Å². The average molecular weight is 477 g/mol. The number of amides is 1. The number of ether oxygens (including phenoxy) is 1. The minimum absolute atomic E-state index is 0.00315. The van der Waals surface area contributed by atoms with Crippen LogP contribution in [-0.4, -0.2) is 32.4 Å². The number of carbonyl (C=O) groups is 2. The van der Waals surface area contributed by atoms with E-state index in [-0.39, 0.29) is 41.1 Å². The van der Waals surface area contributed by atoms with E-state index in [1.54, 1.807) is 25.3 Å². The summed E-state index contributed by atoms with van der Waals surface area (Å²) in [5.74, 6) is -0.909. The molecule has 2 aliphatic rings. The van der Waals surface area contributed by atoms with E-state index in [0.29, 0.717) is 16.7 Å². The highest BCUT2D eigenvalue weighted by Gasteiger charge is 2.27. The van der Waals surface area contributed by atoms with E-state index >= 15 is 0 Å². The lowest BCUT2D eigenvalue weighted by Crippen LogP contribution is -2.36. The Balaban J connectivity index is 1.85. The van der Waals surface area contributed by atoms with Crippen molar-refractivity contribution in [3.8, 4) is 0 Å². The zero-order valence-electron chi connectivity index (χ0n) is 20.2. The third-order valence-corrected chi connectivity index (χ3v) is 7.34. The van der Waals surface area contributed by atoms with Gasteiger partial charge in [-0.1, -0.05) is 44.6 Å². The molecule has 8 nitrogen and oxygen atoms in total. The van der Waals surface area contributed by atoms with E-state index in [9.17, 15) is 14.4 Å². The van der Waals surface area contributed by atoms with Crippen molar-refractivity contribution in [2.75, 3.05) is 6.61 Å². The third kappa shape index (κ3) is 4.54. The van der Waals surface area contributed by atoms with Gasteiger partial charge >= 0.3 is 5.97 Å². The molecule has 1 amide bonds. The average Bonchev–Trinajstić information content (AvgIpc) is 2.89. The summed E-state index contributed by atoms with van der Waals surface area (Å²) >= 11 is 0. The number of nitrogens with zero attached hydrogens (tertiary/aromatic N) is 4. The van der Waals surface area contributed by atoms with E-state index in [0.717, 1.165) is 64.2 Å². The molecule has 0 saturated heterocycles. The van der Waals surface area contributed by atoms with Crippen molar-refractivity contribution >= 4 is 28.6 Å². The van der Waals surface area contributed by atoms with Gasteiger partial charge in [-0.3, -0.25) is 14.0 Å². The maximum Gasteiger partial charge on any atom is 0.341 e. The Bertz CT molecular complexity index is 1390. The van der Waals surface area contributed by atoms with Crippen molar-refractivity contribution in [2.24, 2.45) is 10.9 Å². The van der Waals surface area contributed by atoms with Crippen molar-refractivity contribution in [1.82, 2.24) is 14.0 Å². The van der Waals surface area contributed by atoms with E-state index in [4.69, 9.17) is 9.72 Å². The SMILES string of the molecule is CCOC(=O)c1cc2c(=O)n3ccccc3nc2n(C2CCCCC2)c1=NC(=O)C1CCCCC1. The largest absolute Gasteiger partial charge is 0.462 e. The molecule has 184 valence electrons. The van der Waals surface area contributed by atoms with Crippen LogP contribution in [0.15, 0.2) is 40.2 Å². The molecule has 3 heterocycles. The molecule has 0 aromatic carbocycles. The van der Waals surface area contributed by atoms with Gasteiger partial charge in [-0.2, -0.15) is 4.99 Å². The second kappa shape index (κ2) is 10.1. The summed E-state index contributed by atoms with van der Waals surface area (Å²) in [7, 11) is 0. The van der Waals surface area contributed by atoms with Gasteiger partial charge < -0.3 is 9.30 Å². The number of aromatic nitrogens is 3. The molecule has 2 saturated carbocycles. The summed E-state index contributed by atoms with van der Waals surface area (Å²) in [6.45, 7) is 1.92. The topological polar surface area (TPSA) is 95.0 Å². The van der Waals surface area contributed by atoms with Crippen LogP contribution in [-0.2, 0) is 9.53 Å². The molecule has 8 heteroatoms. The van der Waals surface area contributed by atoms with Crippen LogP contribution in [0, 0.1) is 5.92 Å². The second-order valence-corrected chi connectivity index (χ2v) is 9.63. The number of fused-ring (bicyclic) bond motifs is 2. The Morgan fingerprint density at radius 1 is 1.06 bits per heavy atom. The minimum atomic E-state index is -0.577. The maximum atomic E-state index is 13.5. The molecule has 0 aliphatic heterocycles. The Labute approximate surface area is 203 Å². The summed E-state index contributed by atoms with van der Waals surface area (Å²) in [6.07, 6.45) is 11.4. The molecule has 2 aliphatic carbocycles. The first-order valence-electron chi connectivity index (χ1n) is 12.9. The van der Waals surface area contributed by atoms with Crippen molar-refractivity contribution in [3.05, 3.63) is 51.9 Å². The van der Waals surface area contributed by atoms with Crippen molar-refractivity contribution in [2.45, 2.75) is 77.2 Å². The van der Waals surface area contributed by atoms with Gasteiger partial charge in [0.15, 0.2) is 5.49 Å². The van der Waals surface area contributed by atoms with Crippen molar-refractivity contribution < 1.29 is 14.3 Å². The first kappa shape index (κ1) is 23.5. The number of rotatable bonds is 4. The smallest absolute Gasteiger partial charge is 0.341 e. The molecular formula is C27H32N4O4. The summed E-state index contributed by atoms with van der Waals surface area (Å²) in [6, 6.07) is 6.92. The van der Waals surface area contributed by atoms with Gasteiger partial charge in [0, 0.05) is 18.2 Å². The van der Waals surface area contributed by atoms with E-state index in [1.165, 1.54) is 10.5 Å². The predicted molar refractivity (Wildman–Crippen MR) is 132 cm³/mol. The molecule has 35 heavy (non-hydrogen) atoms. The first-order chi connectivity index (χ1) is 17.1. The second-order valence-electron chi connectivity index (χ2n) is 9.63. The number of esters is 1. The summed E-state index contributed by atoms with van der Waals surface area (Å²) in [5.41, 5.74) is 1.17. The monoisotopic (exact) mass is 476 g/mol. The molecule has 0 unspecified atom stereocenters. The fourth-order valence-corrected chi connectivity index (χ4v) is 5.54. The number of hydrogen-bond donors (Lipinski definition) is 0. The van der Waals surface area contributed by atoms with E-state index < -0.39 is 5.97 Å². The van der Waals surface area contributed by atoms with Crippen molar-refractivity contribution in [3.63, 3.8) is 0 Å². The number of pyridine rings is 2. The van der Waals surface area contributed by atoms with Crippen LogP contribution in [0.2, 0.25) is 0 Å².